The first-order valence-electron chi connectivity index (χ1n) is 21.2. The van der Waals surface area contributed by atoms with Crippen molar-refractivity contribution in [3.8, 4) is 5.75 Å². The molecule has 19 heteroatoms. The van der Waals surface area contributed by atoms with Crippen LogP contribution in [0.5, 0.6) is 5.75 Å². The highest BCUT2D eigenvalue weighted by atomic mass is 16.5. The summed E-state index contributed by atoms with van der Waals surface area (Å²) in [6.45, 7) is 2.52. The molecule has 0 fully saturated rings. The summed E-state index contributed by atoms with van der Waals surface area (Å²) in [5, 5.41) is 29.0. The Morgan fingerprint density at radius 2 is 1.08 bits per heavy atom. The van der Waals surface area contributed by atoms with Gasteiger partial charge in [0, 0.05) is 32.5 Å². The molecule has 0 saturated carbocycles. The molecule has 0 unspecified atom stereocenters. The number of carbonyl (C=O) groups is 6. The number of ether oxygens (including phenoxy) is 5. The fourth-order valence-electron chi connectivity index (χ4n) is 5.57. The minimum Gasteiger partial charge on any atom is -0.494 e. The molecular weight excluding hydrogens is 798 g/mol. The van der Waals surface area contributed by atoms with Gasteiger partial charge < -0.3 is 60.9 Å². The van der Waals surface area contributed by atoms with Crippen molar-refractivity contribution in [3.63, 3.8) is 0 Å². The van der Waals surface area contributed by atoms with Gasteiger partial charge in [0.15, 0.2) is 0 Å². The number of aromatic carboxylic acids is 1. The van der Waals surface area contributed by atoms with Crippen molar-refractivity contribution in [2.45, 2.75) is 108 Å². The average Bonchev–Trinajstić information content (AvgIpc) is 3.24. The van der Waals surface area contributed by atoms with E-state index < -0.39 is 24.0 Å². The minimum absolute atomic E-state index is 0.0422. The van der Waals surface area contributed by atoms with Gasteiger partial charge in [0.05, 0.1) is 57.9 Å². The zero-order valence-electron chi connectivity index (χ0n) is 35.4. The second kappa shape index (κ2) is 37.1. The van der Waals surface area contributed by atoms with Gasteiger partial charge >= 0.3 is 11.9 Å². The van der Waals surface area contributed by atoms with Crippen LogP contribution in [0.15, 0.2) is 24.3 Å². The highest BCUT2D eigenvalue weighted by Crippen LogP contribution is 2.14. The van der Waals surface area contributed by atoms with Crippen molar-refractivity contribution in [1.82, 2.24) is 21.3 Å². The van der Waals surface area contributed by atoms with Crippen molar-refractivity contribution in [2.75, 3.05) is 79.1 Å². The number of carboxylic acids is 2. The van der Waals surface area contributed by atoms with Crippen LogP contribution in [0.2, 0.25) is 0 Å². The SMILES string of the molecule is N[C@H]([C]=O)CCCCNC(=O)COCCOCCNC(=O)COCCOCCNC(=O)CC[C@H](NC(=O)CCCCCCCCCCCOc1ccc(C(=O)O)cc1)C(=O)O. The van der Waals surface area contributed by atoms with Crippen LogP contribution in [-0.2, 0) is 47.7 Å². The third-order valence-electron chi connectivity index (χ3n) is 8.97. The van der Waals surface area contributed by atoms with Crippen LogP contribution < -0.4 is 31.7 Å². The second-order valence-electron chi connectivity index (χ2n) is 14.2. The third kappa shape index (κ3) is 32.7. The van der Waals surface area contributed by atoms with Gasteiger partial charge in [-0.1, -0.05) is 44.9 Å². The molecule has 19 nitrogen and oxygen atoms in total. The normalized spacial score (nSPS) is 11.9. The van der Waals surface area contributed by atoms with Gasteiger partial charge in [-0.2, -0.15) is 0 Å². The van der Waals surface area contributed by atoms with E-state index in [1.54, 1.807) is 18.4 Å². The first-order valence-corrected chi connectivity index (χ1v) is 21.2. The standard InChI is InChI=1S/C42H68N5O14/c43-34(30-48)12-9-10-20-44-39(51)31-59-28-27-58-25-22-46-40(52)32-60-29-26-57-24-21-45-37(49)19-18-36(42(55)56)47-38(50)13-8-6-4-2-1-3-5-7-11-23-61-35-16-14-33(15-17-35)41(53)54/h14-17,34,36H,1-13,18-29,31-32,43H2,(H,44,51)(H,45,49)(H,46,52)(H,47,50)(H,53,54)(H,55,56)/t34-,36-/m0/s1. The Morgan fingerprint density at radius 1 is 0.557 bits per heavy atom. The van der Waals surface area contributed by atoms with E-state index in [0.717, 1.165) is 51.4 Å². The number of unbranched alkanes of at least 4 members (excludes halogenated alkanes) is 9. The fraction of sp³-hybridized carbons (Fsp3) is 0.690. The zero-order valence-corrected chi connectivity index (χ0v) is 35.4. The maximum absolute atomic E-state index is 12.3. The lowest BCUT2D eigenvalue weighted by Crippen LogP contribution is -2.41. The molecule has 1 radical (unpaired) electrons. The van der Waals surface area contributed by atoms with E-state index in [2.05, 4.69) is 21.3 Å². The number of rotatable bonds is 41. The van der Waals surface area contributed by atoms with Gasteiger partial charge in [-0.15, -0.1) is 0 Å². The second-order valence-corrected chi connectivity index (χ2v) is 14.2. The van der Waals surface area contributed by atoms with E-state index in [4.69, 9.17) is 34.5 Å². The number of benzene rings is 1. The fourth-order valence-corrected chi connectivity index (χ4v) is 5.57. The van der Waals surface area contributed by atoms with Crippen LogP contribution >= 0.6 is 0 Å². The number of carboxylic acid groups (broad SMARTS) is 2. The molecule has 0 spiro atoms. The molecule has 0 aromatic heterocycles. The number of hydrogen-bond donors (Lipinski definition) is 7. The molecule has 0 aliphatic heterocycles. The number of amides is 4. The molecule has 1 aromatic carbocycles. The summed E-state index contributed by atoms with van der Waals surface area (Å²) < 4.78 is 26.9. The topological polar surface area (TPSA) is 280 Å². The highest BCUT2D eigenvalue weighted by Gasteiger charge is 2.21. The van der Waals surface area contributed by atoms with Gasteiger partial charge in [-0.05, 0) is 62.8 Å². The first kappa shape index (κ1) is 54.3. The number of nitrogens with one attached hydrogen (secondary N) is 4. The minimum atomic E-state index is -1.20. The third-order valence-corrected chi connectivity index (χ3v) is 8.97. The Bertz CT molecular complexity index is 1380. The molecule has 4 amide bonds. The lowest BCUT2D eigenvalue weighted by atomic mass is 10.1. The van der Waals surface area contributed by atoms with Crippen LogP contribution in [0, 0.1) is 0 Å². The molecule has 1 rings (SSSR count). The van der Waals surface area contributed by atoms with Crippen LogP contribution in [0.25, 0.3) is 0 Å². The van der Waals surface area contributed by atoms with Gasteiger partial charge in [0.25, 0.3) is 0 Å². The molecule has 61 heavy (non-hydrogen) atoms. The Kier molecular flexibility index (Phi) is 33.0. The molecule has 0 saturated heterocycles. The number of aliphatic carboxylic acids is 1. The van der Waals surface area contributed by atoms with Crippen molar-refractivity contribution in [2.24, 2.45) is 5.73 Å². The largest absolute Gasteiger partial charge is 0.494 e. The van der Waals surface area contributed by atoms with Crippen molar-refractivity contribution >= 4 is 41.9 Å². The molecule has 0 bridgehead atoms. The maximum atomic E-state index is 12.3. The van der Waals surface area contributed by atoms with Crippen molar-refractivity contribution in [1.29, 1.82) is 0 Å². The Morgan fingerprint density at radius 3 is 1.64 bits per heavy atom. The van der Waals surface area contributed by atoms with E-state index in [1.165, 1.54) is 12.1 Å². The van der Waals surface area contributed by atoms with Gasteiger partial charge in [-0.3, -0.25) is 24.0 Å². The summed E-state index contributed by atoms with van der Waals surface area (Å²) in [5.74, 6) is -2.80. The van der Waals surface area contributed by atoms with E-state index >= 15 is 0 Å². The highest BCUT2D eigenvalue weighted by molar-refractivity contribution is 5.87. The van der Waals surface area contributed by atoms with Crippen LogP contribution in [0.3, 0.4) is 0 Å². The summed E-state index contributed by atoms with van der Waals surface area (Å²) in [5.41, 5.74) is 5.68. The predicted octanol–water partition coefficient (Wildman–Crippen LogP) is 2.04. The molecule has 8 N–H and O–H groups in total. The first-order chi connectivity index (χ1) is 29.5. The van der Waals surface area contributed by atoms with Crippen LogP contribution in [-0.4, -0.2) is 143 Å². The lowest BCUT2D eigenvalue weighted by Gasteiger charge is -2.14. The monoisotopic (exact) mass is 866 g/mol. The lowest BCUT2D eigenvalue weighted by molar-refractivity contribution is -0.142. The van der Waals surface area contributed by atoms with E-state index in [1.807, 2.05) is 0 Å². The maximum Gasteiger partial charge on any atom is 0.335 e. The quantitative estimate of drug-likeness (QED) is 0.0464. The summed E-state index contributed by atoms with van der Waals surface area (Å²) in [6, 6.07) is 4.62. The van der Waals surface area contributed by atoms with E-state index in [0.29, 0.717) is 44.6 Å². The summed E-state index contributed by atoms with van der Waals surface area (Å²) >= 11 is 0. The number of nitrogens with two attached hydrogens (primary N) is 1. The molecule has 0 aliphatic rings. The zero-order chi connectivity index (χ0) is 44.8. The molecule has 2 atom stereocenters. The summed E-state index contributed by atoms with van der Waals surface area (Å²) in [6.07, 6.45) is 12.6. The van der Waals surface area contributed by atoms with E-state index in [-0.39, 0.29) is 114 Å². The molecule has 1 aromatic rings. The van der Waals surface area contributed by atoms with E-state index in [9.17, 15) is 38.7 Å². The molecule has 345 valence electrons. The van der Waals surface area contributed by atoms with Crippen molar-refractivity contribution in [3.05, 3.63) is 29.8 Å². The number of hydrogen-bond acceptors (Lipinski definition) is 13. The van der Waals surface area contributed by atoms with Crippen molar-refractivity contribution < 1.29 is 67.5 Å². The Labute approximate surface area is 358 Å². The van der Waals surface area contributed by atoms with Crippen LogP contribution in [0.4, 0.5) is 0 Å². The molecule has 0 heterocycles. The molecular formula is C42H68N5O14. The Hall–Kier alpha value is -4.69. The Balaban J connectivity index is 1.92. The predicted molar refractivity (Wildman–Crippen MR) is 224 cm³/mol. The smallest absolute Gasteiger partial charge is 0.335 e. The van der Waals surface area contributed by atoms with Gasteiger partial charge in [0.2, 0.25) is 29.9 Å². The average molecular weight is 867 g/mol. The molecule has 0 aliphatic carbocycles. The van der Waals surface area contributed by atoms with Gasteiger partial charge in [0.1, 0.15) is 25.0 Å². The summed E-state index contributed by atoms with van der Waals surface area (Å²) in [7, 11) is 0. The van der Waals surface area contributed by atoms with Gasteiger partial charge in [-0.25, -0.2) is 9.59 Å². The van der Waals surface area contributed by atoms with Crippen LogP contribution in [0.1, 0.15) is 107 Å². The summed E-state index contributed by atoms with van der Waals surface area (Å²) in [4.78, 5) is 81.0. The number of carbonyl (C=O) groups excluding carboxylic acids is 5.